The molecule has 2 rings (SSSR count). The average molecular weight is 386 g/mol. The summed E-state index contributed by atoms with van der Waals surface area (Å²) in [5, 5.41) is 4.01. The third kappa shape index (κ3) is 4.63. The lowest BCUT2D eigenvalue weighted by molar-refractivity contribution is -0.120. The number of carbonyl (C=O) groups is 2. The number of nitrogens with one attached hydrogen (secondary N) is 1. The summed E-state index contributed by atoms with van der Waals surface area (Å²) in [5.41, 5.74) is 1.84. The quantitative estimate of drug-likeness (QED) is 0.810. The van der Waals surface area contributed by atoms with Crippen molar-refractivity contribution < 1.29 is 9.59 Å². The maximum absolute atomic E-state index is 12.3. The molecule has 7 heteroatoms. The lowest BCUT2D eigenvalue weighted by Gasteiger charge is -2.22. The number of amides is 2. The molecular formula is C17H15Cl3N2O2. The fraction of sp³-hybridized carbons (Fsp3) is 0.176. The summed E-state index contributed by atoms with van der Waals surface area (Å²) in [6.07, 6.45) is 0. The Morgan fingerprint density at radius 2 is 1.75 bits per heavy atom. The van der Waals surface area contributed by atoms with Crippen LogP contribution in [0.5, 0.6) is 0 Å². The molecular weight excluding hydrogens is 371 g/mol. The molecule has 0 radical (unpaired) electrons. The second-order valence-electron chi connectivity index (χ2n) is 5.21. The van der Waals surface area contributed by atoms with E-state index in [1.165, 1.54) is 11.8 Å². The van der Waals surface area contributed by atoms with Crippen LogP contribution in [0.4, 0.5) is 11.4 Å². The number of hydrogen-bond donors (Lipinski definition) is 1. The van der Waals surface area contributed by atoms with Crippen molar-refractivity contribution >= 4 is 58.0 Å². The van der Waals surface area contributed by atoms with E-state index in [0.29, 0.717) is 26.4 Å². The van der Waals surface area contributed by atoms with Crippen LogP contribution in [0.15, 0.2) is 36.4 Å². The number of anilines is 2. The molecule has 1 N–H and O–H groups in total. The van der Waals surface area contributed by atoms with Crippen LogP contribution in [0.1, 0.15) is 12.5 Å². The van der Waals surface area contributed by atoms with Gasteiger partial charge in [-0.3, -0.25) is 9.59 Å². The summed E-state index contributed by atoms with van der Waals surface area (Å²) in [4.78, 5) is 25.4. The van der Waals surface area contributed by atoms with Gasteiger partial charge in [0.05, 0.1) is 10.7 Å². The van der Waals surface area contributed by atoms with E-state index in [9.17, 15) is 9.59 Å². The Balaban J connectivity index is 2.18. The molecule has 2 aromatic rings. The normalized spacial score (nSPS) is 10.4. The van der Waals surface area contributed by atoms with Gasteiger partial charge in [-0.15, -0.1) is 0 Å². The number of nitrogens with zero attached hydrogens (tertiary/aromatic N) is 1. The third-order valence-electron chi connectivity index (χ3n) is 3.34. The summed E-state index contributed by atoms with van der Waals surface area (Å²) in [7, 11) is 0. The van der Waals surface area contributed by atoms with Crippen LogP contribution in [0.3, 0.4) is 0 Å². The van der Waals surface area contributed by atoms with Crippen LogP contribution in [-0.2, 0) is 9.59 Å². The highest BCUT2D eigenvalue weighted by Gasteiger charge is 2.19. The van der Waals surface area contributed by atoms with Crippen LogP contribution in [0, 0.1) is 6.92 Å². The van der Waals surface area contributed by atoms with Crippen LogP contribution in [0.25, 0.3) is 0 Å². The maximum Gasteiger partial charge on any atom is 0.244 e. The molecule has 4 nitrogen and oxygen atoms in total. The Bertz CT molecular complexity index is 793. The molecule has 0 heterocycles. The first-order chi connectivity index (χ1) is 11.3. The van der Waals surface area contributed by atoms with Gasteiger partial charge in [0, 0.05) is 22.7 Å². The predicted octanol–water partition coefficient (Wildman–Crippen LogP) is 4.95. The molecule has 0 fully saturated rings. The van der Waals surface area contributed by atoms with Crippen molar-refractivity contribution in [3.05, 3.63) is 57.0 Å². The van der Waals surface area contributed by atoms with Gasteiger partial charge in [-0.05, 0) is 42.8 Å². The molecule has 126 valence electrons. The zero-order valence-corrected chi connectivity index (χ0v) is 15.3. The van der Waals surface area contributed by atoms with Crippen LogP contribution < -0.4 is 10.2 Å². The summed E-state index contributed by atoms with van der Waals surface area (Å²) >= 11 is 18.1. The molecule has 0 aromatic heterocycles. The Kier molecular flexibility index (Phi) is 6.10. The second kappa shape index (κ2) is 7.88. The van der Waals surface area contributed by atoms with E-state index in [1.54, 1.807) is 36.4 Å². The van der Waals surface area contributed by atoms with Crippen molar-refractivity contribution in [1.29, 1.82) is 0 Å². The second-order valence-corrected chi connectivity index (χ2v) is 6.46. The molecule has 0 aliphatic heterocycles. The molecule has 0 unspecified atom stereocenters. The van der Waals surface area contributed by atoms with Gasteiger partial charge < -0.3 is 10.2 Å². The van der Waals surface area contributed by atoms with Crippen molar-refractivity contribution in [3.8, 4) is 0 Å². The molecule has 24 heavy (non-hydrogen) atoms. The highest BCUT2D eigenvalue weighted by atomic mass is 35.5. The van der Waals surface area contributed by atoms with Gasteiger partial charge in [0.2, 0.25) is 11.8 Å². The highest BCUT2D eigenvalue weighted by molar-refractivity contribution is 6.36. The lowest BCUT2D eigenvalue weighted by atomic mass is 10.2. The minimum Gasteiger partial charge on any atom is -0.324 e. The van der Waals surface area contributed by atoms with Crippen molar-refractivity contribution in [2.45, 2.75) is 13.8 Å². The van der Waals surface area contributed by atoms with E-state index < -0.39 is 0 Å². The van der Waals surface area contributed by atoms with Crippen LogP contribution >= 0.6 is 34.8 Å². The zero-order valence-electron chi connectivity index (χ0n) is 13.1. The largest absolute Gasteiger partial charge is 0.324 e. The van der Waals surface area contributed by atoms with E-state index in [2.05, 4.69) is 5.32 Å². The molecule has 0 saturated heterocycles. The first-order valence-electron chi connectivity index (χ1n) is 7.07. The standard InChI is InChI=1S/C17H15Cl3N2O2/c1-10-3-5-13(8-15(10)20)21-17(24)9-22(11(2)23)16-7-12(18)4-6-14(16)19/h3-8H,9H2,1-2H3,(H,21,24). The number of carbonyl (C=O) groups excluding carboxylic acids is 2. The zero-order chi connectivity index (χ0) is 17.9. The summed E-state index contributed by atoms with van der Waals surface area (Å²) in [6.45, 7) is 3.03. The smallest absolute Gasteiger partial charge is 0.244 e. The number of benzene rings is 2. The number of hydrogen-bond acceptors (Lipinski definition) is 2. The molecule has 0 atom stereocenters. The monoisotopic (exact) mass is 384 g/mol. The number of halogens is 3. The van der Waals surface area contributed by atoms with E-state index in [0.717, 1.165) is 5.56 Å². The molecule has 0 saturated carbocycles. The van der Waals surface area contributed by atoms with E-state index in [1.807, 2.05) is 6.92 Å². The predicted molar refractivity (Wildman–Crippen MR) is 99.3 cm³/mol. The Labute approximate surface area is 155 Å². The van der Waals surface area contributed by atoms with Gasteiger partial charge in [0.25, 0.3) is 0 Å². The van der Waals surface area contributed by atoms with Gasteiger partial charge in [-0.1, -0.05) is 40.9 Å². The van der Waals surface area contributed by atoms with E-state index in [-0.39, 0.29) is 18.4 Å². The lowest BCUT2D eigenvalue weighted by Crippen LogP contribution is -2.36. The Hall–Kier alpha value is -1.75. The Morgan fingerprint density at radius 1 is 1.04 bits per heavy atom. The molecule has 0 bridgehead atoms. The fourth-order valence-electron chi connectivity index (χ4n) is 2.07. The van der Waals surface area contributed by atoms with Crippen molar-refractivity contribution in [1.82, 2.24) is 0 Å². The van der Waals surface area contributed by atoms with E-state index in [4.69, 9.17) is 34.8 Å². The Morgan fingerprint density at radius 3 is 2.38 bits per heavy atom. The molecule has 2 amide bonds. The number of aryl methyl sites for hydroxylation is 1. The minimum atomic E-state index is -0.374. The van der Waals surface area contributed by atoms with Gasteiger partial charge >= 0.3 is 0 Å². The van der Waals surface area contributed by atoms with Gasteiger partial charge in [0.1, 0.15) is 6.54 Å². The molecule has 0 aliphatic rings. The van der Waals surface area contributed by atoms with Crippen molar-refractivity contribution in [2.24, 2.45) is 0 Å². The summed E-state index contributed by atoms with van der Waals surface area (Å²) in [5.74, 6) is -0.697. The first-order valence-corrected chi connectivity index (χ1v) is 8.20. The van der Waals surface area contributed by atoms with Gasteiger partial charge in [0.15, 0.2) is 0 Å². The summed E-state index contributed by atoms with van der Waals surface area (Å²) in [6, 6.07) is 9.92. The fourth-order valence-corrected chi connectivity index (χ4v) is 2.64. The SMILES string of the molecule is CC(=O)N(CC(=O)Nc1ccc(C)c(Cl)c1)c1cc(Cl)ccc1Cl. The molecule has 0 aliphatic carbocycles. The van der Waals surface area contributed by atoms with Crippen molar-refractivity contribution in [2.75, 3.05) is 16.8 Å². The summed E-state index contributed by atoms with van der Waals surface area (Å²) < 4.78 is 0. The maximum atomic E-state index is 12.3. The van der Waals surface area contributed by atoms with Crippen LogP contribution in [-0.4, -0.2) is 18.4 Å². The average Bonchev–Trinajstić information content (AvgIpc) is 2.51. The number of rotatable bonds is 4. The topological polar surface area (TPSA) is 49.4 Å². The molecule has 2 aromatic carbocycles. The highest BCUT2D eigenvalue weighted by Crippen LogP contribution is 2.29. The van der Waals surface area contributed by atoms with Gasteiger partial charge in [-0.25, -0.2) is 0 Å². The first kappa shape index (κ1) is 18.6. The van der Waals surface area contributed by atoms with Crippen LogP contribution in [0.2, 0.25) is 15.1 Å². The third-order valence-corrected chi connectivity index (χ3v) is 4.30. The van der Waals surface area contributed by atoms with Crippen molar-refractivity contribution in [3.63, 3.8) is 0 Å². The minimum absolute atomic E-state index is 0.194. The van der Waals surface area contributed by atoms with E-state index >= 15 is 0 Å². The van der Waals surface area contributed by atoms with Gasteiger partial charge in [-0.2, -0.15) is 0 Å². The molecule has 0 spiro atoms.